The van der Waals surface area contributed by atoms with Gasteiger partial charge in [-0.1, -0.05) is 18.2 Å². The molecule has 0 saturated carbocycles. The predicted octanol–water partition coefficient (Wildman–Crippen LogP) is 2.20. The van der Waals surface area contributed by atoms with Crippen molar-refractivity contribution in [2.45, 2.75) is 19.3 Å². The van der Waals surface area contributed by atoms with Gasteiger partial charge in [-0.05, 0) is 25.0 Å². The number of aromatic nitrogens is 1. The van der Waals surface area contributed by atoms with Crippen molar-refractivity contribution in [2.24, 2.45) is 0 Å². The zero-order valence-electron chi connectivity index (χ0n) is 10.3. The van der Waals surface area contributed by atoms with Crippen molar-refractivity contribution in [2.75, 3.05) is 13.2 Å². The highest BCUT2D eigenvalue weighted by atomic mass is 16.5. The number of carbonyl (C=O) groups excluding carboxylic acids is 1. The molecule has 1 atom stereocenters. The number of fused-ring (bicyclic) bond motifs is 1. The predicted molar refractivity (Wildman–Crippen MR) is 69.4 cm³/mol. The fraction of sp³-hybridized carbons (Fsp3) is 0.357. The van der Waals surface area contributed by atoms with Gasteiger partial charge in [-0.15, -0.1) is 0 Å². The molecule has 1 heterocycles. The summed E-state index contributed by atoms with van der Waals surface area (Å²) >= 11 is 0. The van der Waals surface area contributed by atoms with E-state index in [-0.39, 0.29) is 12.6 Å². The van der Waals surface area contributed by atoms with Gasteiger partial charge < -0.3 is 14.8 Å². The molecule has 0 fully saturated rings. The normalized spacial score (nSPS) is 12.6. The van der Waals surface area contributed by atoms with E-state index in [0.717, 1.165) is 16.5 Å². The Labute approximate surface area is 106 Å². The van der Waals surface area contributed by atoms with E-state index in [2.05, 4.69) is 4.98 Å². The number of esters is 1. The van der Waals surface area contributed by atoms with Crippen LogP contribution in [-0.2, 0) is 9.53 Å². The van der Waals surface area contributed by atoms with Crippen LogP contribution >= 0.6 is 0 Å². The molecule has 1 aromatic heterocycles. The lowest BCUT2D eigenvalue weighted by atomic mass is 9.95. The minimum atomic E-state index is -0.411. The molecule has 0 amide bonds. The second-order valence-electron chi connectivity index (χ2n) is 4.11. The van der Waals surface area contributed by atoms with Gasteiger partial charge in [-0.25, -0.2) is 0 Å². The summed E-state index contributed by atoms with van der Waals surface area (Å²) in [6.45, 7) is 2.09. The first-order chi connectivity index (χ1) is 8.77. The summed E-state index contributed by atoms with van der Waals surface area (Å²) in [4.78, 5) is 15.1. The van der Waals surface area contributed by atoms with Gasteiger partial charge in [-0.2, -0.15) is 0 Å². The zero-order valence-corrected chi connectivity index (χ0v) is 10.3. The summed E-state index contributed by atoms with van der Waals surface area (Å²) in [6, 6.07) is 7.79. The van der Waals surface area contributed by atoms with Crippen LogP contribution in [0.25, 0.3) is 10.9 Å². The van der Waals surface area contributed by atoms with Crippen LogP contribution < -0.4 is 0 Å². The number of aromatic amines is 1. The van der Waals surface area contributed by atoms with Gasteiger partial charge in [0.05, 0.1) is 12.5 Å². The molecule has 0 unspecified atom stereocenters. The molecule has 96 valence electrons. The van der Waals surface area contributed by atoms with Crippen LogP contribution in [0.5, 0.6) is 0 Å². The molecule has 2 rings (SSSR count). The van der Waals surface area contributed by atoms with E-state index in [0.29, 0.717) is 13.0 Å². The smallest absolute Gasteiger partial charge is 0.313 e. The minimum Gasteiger partial charge on any atom is -0.466 e. The summed E-state index contributed by atoms with van der Waals surface area (Å²) in [5.74, 6) is -0.692. The fourth-order valence-corrected chi connectivity index (χ4v) is 2.15. The van der Waals surface area contributed by atoms with Crippen molar-refractivity contribution in [3.05, 3.63) is 36.0 Å². The van der Waals surface area contributed by atoms with Crippen LogP contribution in [0.2, 0.25) is 0 Å². The van der Waals surface area contributed by atoms with E-state index in [1.165, 1.54) is 0 Å². The van der Waals surface area contributed by atoms with Crippen LogP contribution in [0.1, 0.15) is 24.8 Å². The first kappa shape index (κ1) is 12.6. The number of hydrogen-bond acceptors (Lipinski definition) is 3. The molecule has 0 saturated heterocycles. The monoisotopic (exact) mass is 247 g/mol. The number of hydrogen-bond donors (Lipinski definition) is 2. The van der Waals surface area contributed by atoms with Crippen LogP contribution in [-0.4, -0.2) is 29.3 Å². The number of aliphatic hydroxyl groups is 1. The minimum absolute atomic E-state index is 0.0387. The van der Waals surface area contributed by atoms with E-state index >= 15 is 0 Å². The van der Waals surface area contributed by atoms with Crippen molar-refractivity contribution in [3.63, 3.8) is 0 Å². The highest BCUT2D eigenvalue weighted by Gasteiger charge is 2.24. The molecule has 0 bridgehead atoms. The van der Waals surface area contributed by atoms with Gasteiger partial charge in [0.15, 0.2) is 0 Å². The maximum absolute atomic E-state index is 11.9. The fourth-order valence-electron chi connectivity index (χ4n) is 2.15. The first-order valence-corrected chi connectivity index (χ1v) is 6.11. The Morgan fingerprint density at radius 1 is 1.44 bits per heavy atom. The zero-order chi connectivity index (χ0) is 13.0. The lowest BCUT2D eigenvalue weighted by molar-refractivity contribution is -0.145. The van der Waals surface area contributed by atoms with Crippen LogP contribution in [0.4, 0.5) is 0 Å². The molecule has 4 heteroatoms. The van der Waals surface area contributed by atoms with Gasteiger partial charge in [0.2, 0.25) is 0 Å². The number of ether oxygens (including phenoxy) is 1. The molecule has 0 spiro atoms. The molecular weight excluding hydrogens is 230 g/mol. The van der Waals surface area contributed by atoms with Crippen LogP contribution in [0.15, 0.2) is 30.5 Å². The molecule has 1 aromatic carbocycles. The SMILES string of the molecule is CCOC(=O)[C@@H](CCO)c1c[nH]c2ccccc12. The molecule has 18 heavy (non-hydrogen) atoms. The standard InChI is InChI=1S/C14H17NO3/c1-2-18-14(17)11(7-8-16)12-9-15-13-6-4-3-5-10(12)13/h3-6,9,11,15-16H,2,7-8H2,1H3/t11-/m0/s1. The van der Waals surface area contributed by atoms with E-state index < -0.39 is 5.92 Å². The van der Waals surface area contributed by atoms with Crippen LogP contribution in [0, 0.1) is 0 Å². The molecular formula is C14H17NO3. The average molecular weight is 247 g/mol. The number of rotatable bonds is 5. The van der Waals surface area contributed by atoms with Crippen molar-refractivity contribution in [3.8, 4) is 0 Å². The molecule has 0 aliphatic rings. The molecule has 2 N–H and O–H groups in total. The highest BCUT2D eigenvalue weighted by molar-refractivity contribution is 5.89. The van der Waals surface area contributed by atoms with Gasteiger partial charge >= 0.3 is 5.97 Å². The molecule has 0 radical (unpaired) electrons. The summed E-state index contributed by atoms with van der Waals surface area (Å²) in [7, 11) is 0. The molecule has 4 nitrogen and oxygen atoms in total. The van der Waals surface area contributed by atoms with Crippen molar-refractivity contribution < 1.29 is 14.6 Å². The molecule has 0 aliphatic heterocycles. The molecule has 0 aliphatic carbocycles. The Hall–Kier alpha value is -1.81. The van der Waals surface area contributed by atoms with E-state index in [4.69, 9.17) is 9.84 Å². The first-order valence-electron chi connectivity index (χ1n) is 6.11. The lowest BCUT2D eigenvalue weighted by Gasteiger charge is -2.13. The van der Waals surface area contributed by atoms with E-state index in [1.54, 1.807) is 6.92 Å². The Kier molecular flexibility index (Phi) is 3.99. The highest BCUT2D eigenvalue weighted by Crippen LogP contribution is 2.28. The summed E-state index contributed by atoms with van der Waals surface area (Å²) in [5.41, 5.74) is 1.87. The van der Waals surface area contributed by atoms with Gasteiger partial charge in [0, 0.05) is 23.7 Å². The Morgan fingerprint density at radius 3 is 2.94 bits per heavy atom. The van der Waals surface area contributed by atoms with Gasteiger partial charge in [0.1, 0.15) is 0 Å². The van der Waals surface area contributed by atoms with Gasteiger partial charge in [-0.3, -0.25) is 4.79 Å². The van der Waals surface area contributed by atoms with E-state index in [1.807, 2.05) is 30.5 Å². The third-order valence-corrected chi connectivity index (χ3v) is 2.99. The van der Waals surface area contributed by atoms with Gasteiger partial charge in [0.25, 0.3) is 0 Å². The number of H-pyrrole nitrogens is 1. The Balaban J connectivity index is 2.38. The Bertz CT molecular complexity index is 533. The van der Waals surface area contributed by atoms with Crippen LogP contribution in [0.3, 0.4) is 0 Å². The third-order valence-electron chi connectivity index (χ3n) is 2.99. The quantitative estimate of drug-likeness (QED) is 0.796. The topological polar surface area (TPSA) is 62.3 Å². The van der Waals surface area contributed by atoms with Crippen molar-refractivity contribution >= 4 is 16.9 Å². The third kappa shape index (κ3) is 2.38. The summed E-state index contributed by atoms with van der Waals surface area (Å²) in [5, 5.41) is 10.1. The Morgan fingerprint density at radius 2 is 2.22 bits per heavy atom. The summed E-state index contributed by atoms with van der Waals surface area (Å²) in [6.07, 6.45) is 2.20. The summed E-state index contributed by atoms with van der Waals surface area (Å²) < 4.78 is 5.07. The van der Waals surface area contributed by atoms with Crippen molar-refractivity contribution in [1.29, 1.82) is 0 Å². The van der Waals surface area contributed by atoms with E-state index in [9.17, 15) is 4.79 Å². The number of para-hydroxylation sites is 1. The maximum atomic E-state index is 11.9. The number of carbonyl (C=O) groups is 1. The molecule has 2 aromatic rings. The second kappa shape index (κ2) is 5.69. The number of benzene rings is 1. The van der Waals surface area contributed by atoms with Crippen molar-refractivity contribution in [1.82, 2.24) is 4.98 Å². The second-order valence-corrected chi connectivity index (χ2v) is 4.11. The number of nitrogens with one attached hydrogen (secondary N) is 1. The lowest BCUT2D eigenvalue weighted by Crippen LogP contribution is -2.17. The maximum Gasteiger partial charge on any atom is 0.313 e. The number of aliphatic hydroxyl groups excluding tert-OH is 1. The average Bonchev–Trinajstić information content (AvgIpc) is 2.80. The largest absolute Gasteiger partial charge is 0.466 e.